The average Bonchev–Trinajstić information content (AvgIpc) is 3.46. The van der Waals surface area contributed by atoms with Gasteiger partial charge < -0.3 is 14.7 Å². The van der Waals surface area contributed by atoms with Crippen molar-refractivity contribution in [3.05, 3.63) is 106 Å². The Bertz CT molecular complexity index is 1550. The van der Waals surface area contributed by atoms with Crippen molar-refractivity contribution in [2.75, 3.05) is 13.1 Å². The van der Waals surface area contributed by atoms with Crippen LogP contribution in [0.15, 0.2) is 60.7 Å². The van der Waals surface area contributed by atoms with Gasteiger partial charge in [-0.2, -0.15) is 0 Å². The second-order valence-corrected chi connectivity index (χ2v) is 10.4. The van der Waals surface area contributed by atoms with Crippen LogP contribution in [0.3, 0.4) is 0 Å². The molecule has 5 amide bonds. The minimum atomic E-state index is -0.869. The zero-order valence-corrected chi connectivity index (χ0v) is 21.8. The smallest absolute Gasteiger partial charge is 0.321 e. The molecule has 6 rings (SSSR count). The van der Waals surface area contributed by atoms with Crippen molar-refractivity contribution in [3.63, 3.8) is 0 Å². The average molecular weight is 563 g/mol. The topological polar surface area (TPSA) is 90.0 Å². The fraction of sp³-hybridized carbons (Fsp3) is 0.267. The Morgan fingerprint density at radius 2 is 1.56 bits per heavy atom. The molecule has 1 atom stereocenters. The van der Waals surface area contributed by atoms with E-state index in [0.717, 1.165) is 0 Å². The predicted molar refractivity (Wildman–Crippen MR) is 140 cm³/mol. The van der Waals surface area contributed by atoms with Crippen LogP contribution in [0, 0.1) is 17.5 Å². The van der Waals surface area contributed by atoms with Crippen molar-refractivity contribution in [1.82, 2.24) is 20.0 Å². The molecule has 41 heavy (non-hydrogen) atoms. The SMILES string of the molecule is O=C1CCC(N2Cc3c(ccc(CN4CCN(C(c5cccc(F)c5)c5cccc(F)c5)C4=O)c3F)C2=O)C(=O)N1. The van der Waals surface area contributed by atoms with Gasteiger partial charge in [-0.3, -0.25) is 19.7 Å². The van der Waals surface area contributed by atoms with Crippen LogP contribution in [0.5, 0.6) is 0 Å². The number of carbonyl (C=O) groups excluding carboxylic acids is 4. The van der Waals surface area contributed by atoms with E-state index in [4.69, 9.17) is 0 Å². The zero-order chi connectivity index (χ0) is 28.8. The Morgan fingerprint density at radius 3 is 2.20 bits per heavy atom. The normalized spacial score (nSPS) is 18.9. The molecule has 0 aliphatic carbocycles. The van der Waals surface area contributed by atoms with Gasteiger partial charge in [0.05, 0.1) is 19.1 Å². The lowest BCUT2D eigenvalue weighted by atomic mass is 9.97. The van der Waals surface area contributed by atoms with Crippen molar-refractivity contribution in [2.45, 2.75) is 38.0 Å². The molecule has 3 aromatic rings. The molecular formula is C30H25F3N4O4. The first-order chi connectivity index (χ1) is 19.7. The van der Waals surface area contributed by atoms with E-state index < -0.39 is 53.3 Å². The number of amides is 5. The van der Waals surface area contributed by atoms with Crippen molar-refractivity contribution in [3.8, 4) is 0 Å². The highest BCUT2D eigenvalue weighted by atomic mass is 19.1. The van der Waals surface area contributed by atoms with Crippen LogP contribution >= 0.6 is 0 Å². The second-order valence-electron chi connectivity index (χ2n) is 10.4. The van der Waals surface area contributed by atoms with Crippen LogP contribution < -0.4 is 5.32 Å². The molecule has 1 N–H and O–H groups in total. The van der Waals surface area contributed by atoms with Gasteiger partial charge in [-0.05, 0) is 47.9 Å². The van der Waals surface area contributed by atoms with Crippen LogP contribution in [-0.4, -0.2) is 57.6 Å². The number of nitrogens with zero attached hydrogens (tertiary/aromatic N) is 3. The summed E-state index contributed by atoms with van der Waals surface area (Å²) in [7, 11) is 0. The number of halogens is 3. The Hall–Kier alpha value is -4.67. The summed E-state index contributed by atoms with van der Waals surface area (Å²) in [6, 6.07) is 12.4. The van der Waals surface area contributed by atoms with E-state index in [0.29, 0.717) is 11.1 Å². The van der Waals surface area contributed by atoms with Crippen LogP contribution in [0.2, 0.25) is 0 Å². The van der Waals surface area contributed by atoms with E-state index >= 15 is 4.39 Å². The first-order valence-corrected chi connectivity index (χ1v) is 13.2. The maximum absolute atomic E-state index is 15.7. The molecule has 3 aliphatic heterocycles. The number of hydrogen-bond acceptors (Lipinski definition) is 4. The fourth-order valence-electron chi connectivity index (χ4n) is 5.87. The number of imide groups is 1. The third-order valence-corrected chi connectivity index (χ3v) is 7.86. The summed E-state index contributed by atoms with van der Waals surface area (Å²) in [5.41, 5.74) is 1.42. The number of fused-ring (bicyclic) bond motifs is 1. The van der Waals surface area contributed by atoms with Gasteiger partial charge in [0, 0.05) is 36.2 Å². The van der Waals surface area contributed by atoms with Crippen molar-refractivity contribution in [1.29, 1.82) is 0 Å². The van der Waals surface area contributed by atoms with E-state index in [1.165, 1.54) is 63.2 Å². The lowest BCUT2D eigenvalue weighted by molar-refractivity contribution is -0.136. The standard InChI is InChI=1S/C30H25F3N4O4/c31-20-5-1-3-17(13-20)27(18-4-2-6-21(32)14-18)36-12-11-35(30(36)41)15-19-7-8-22-23(26(19)33)16-37(29(22)40)24-9-10-25(38)34-28(24)39/h1-8,13-14,24,27H,9-12,15-16H2,(H,34,38,39). The van der Waals surface area contributed by atoms with Gasteiger partial charge in [0.25, 0.3) is 5.91 Å². The number of hydrogen-bond donors (Lipinski definition) is 1. The molecule has 0 saturated carbocycles. The molecule has 2 fully saturated rings. The zero-order valence-electron chi connectivity index (χ0n) is 21.8. The number of benzene rings is 3. The van der Waals surface area contributed by atoms with E-state index in [1.54, 1.807) is 12.1 Å². The maximum Gasteiger partial charge on any atom is 0.321 e. The molecule has 3 aliphatic rings. The predicted octanol–water partition coefficient (Wildman–Crippen LogP) is 3.89. The molecule has 0 bridgehead atoms. The first-order valence-electron chi connectivity index (χ1n) is 13.2. The Labute approximate surface area is 233 Å². The number of rotatable bonds is 6. The van der Waals surface area contributed by atoms with Gasteiger partial charge in [-0.25, -0.2) is 18.0 Å². The Morgan fingerprint density at radius 1 is 0.878 bits per heavy atom. The summed E-state index contributed by atoms with van der Waals surface area (Å²) in [5, 5.41) is 2.22. The Balaban J connectivity index is 1.24. The summed E-state index contributed by atoms with van der Waals surface area (Å²) in [6.07, 6.45) is 0.249. The quantitative estimate of drug-likeness (QED) is 0.462. The summed E-state index contributed by atoms with van der Waals surface area (Å²) in [5.74, 6) is -3.11. The van der Waals surface area contributed by atoms with E-state index in [-0.39, 0.29) is 55.7 Å². The summed E-state index contributed by atoms with van der Waals surface area (Å²) >= 11 is 0. The summed E-state index contributed by atoms with van der Waals surface area (Å²) < 4.78 is 44.0. The molecule has 11 heteroatoms. The Kier molecular flexibility index (Phi) is 6.72. The highest BCUT2D eigenvalue weighted by molar-refractivity contribution is 6.05. The highest BCUT2D eigenvalue weighted by Gasteiger charge is 2.41. The molecule has 1 unspecified atom stereocenters. The number of piperidine rings is 1. The lowest BCUT2D eigenvalue weighted by Gasteiger charge is -2.29. The van der Waals surface area contributed by atoms with Crippen LogP contribution in [0.4, 0.5) is 18.0 Å². The van der Waals surface area contributed by atoms with Gasteiger partial charge in [0.1, 0.15) is 23.5 Å². The van der Waals surface area contributed by atoms with Gasteiger partial charge in [-0.15, -0.1) is 0 Å². The summed E-state index contributed by atoms with van der Waals surface area (Å²) in [6.45, 7) is 0.282. The van der Waals surface area contributed by atoms with E-state index in [1.807, 2.05) is 0 Å². The highest BCUT2D eigenvalue weighted by Crippen LogP contribution is 2.35. The minimum Gasteiger partial charge on any atom is -0.322 e. The number of urea groups is 1. The third kappa shape index (κ3) is 4.81. The van der Waals surface area contributed by atoms with Crippen molar-refractivity contribution < 1.29 is 32.3 Å². The second kappa shape index (κ2) is 10.4. The van der Waals surface area contributed by atoms with Gasteiger partial charge in [-0.1, -0.05) is 30.3 Å². The molecule has 3 heterocycles. The number of carbonyl (C=O) groups is 4. The molecule has 0 radical (unpaired) electrons. The number of nitrogens with one attached hydrogen (secondary N) is 1. The summed E-state index contributed by atoms with van der Waals surface area (Å²) in [4.78, 5) is 54.6. The molecular weight excluding hydrogens is 537 g/mol. The molecule has 210 valence electrons. The van der Waals surface area contributed by atoms with E-state index in [9.17, 15) is 28.0 Å². The monoisotopic (exact) mass is 562 g/mol. The van der Waals surface area contributed by atoms with Crippen molar-refractivity contribution >= 4 is 23.8 Å². The van der Waals surface area contributed by atoms with Crippen LogP contribution in [0.25, 0.3) is 0 Å². The molecule has 0 spiro atoms. The largest absolute Gasteiger partial charge is 0.322 e. The van der Waals surface area contributed by atoms with Gasteiger partial charge >= 0.3 is 6.03 Å². The lowest BCUT2D eigenvalue weighted by Crippen LogP contribution is -2.52. The third-order valence-electron chi connectivity index (χ3n) is 7.86. The fourth-order valence-corrected chi connectivity index (χ4v) is 5.87. The van der Waals surface area contributed by atoms with Gasteiger partial charge in [0.2, 0.25) is 11.8 Å². The van der Waals surface area contributed by atoms with Crippen LogP contribution in [0.1, 0.15) is 51.5 Å². The molecule has 0 aromatic heterocycles. The molecule has 8 nitrogen and oxygen atoms in total. The molecule has 3 aromatic carbocycles. The first kappa shape index (κ1) is 26.5. The molecule has 2 saturated heterocycles. The van der Waals surface area contributed by atoms with Gasteiger partial charge in [0.15, 0.2) is 0 Å². The van der Waals surface area contributed by atoms with E-state index in [2.05, 4.69) is 5.32 Å². The van der Waals surface area contributed by atoms with Crippen molar-refractivity contribution in [2.24, 2.45) is 0 Å². The maximum atomic E-state index is 15.7. The minimum absolute atomic E-state index is 0.0833. The van der Waals surface area contributed by atoms with Crippen LogP contribution in [-0.2, 0) is 22.7 Å².